The van der Waals surface area contributed by atoms with E-state index < -0.39 is 0 Å². The molecule has 0 atom stereocenters. The standard InChI is InChI=1S/C24H24N4O2S2/c1-5-28-23(30)22-21(20(27-32-22)17-9-6-14(2)7-10-17)26-24(28)31-13-19(29)25-18-11-8-15(3)12-16(18)4/h6-12H,5,13H2,1-4H3,(H,25,29). The van der Waals surface area contributed by atoms with Gasteiger partial charge in [-0.25, -0.2) is 4.98 Å². The van der Waals surface area contributed by atoms with Crippen LogP contribution in [0.1, 0.15) is 23.6 Å². The van der Waals surface area contributed by atoms with E-state index >= 15 is 0 Å². The van der Waals surface area contributed by atoms with Crippen molar-refractivity contribution < 1.29 is 4.79 Å². The molecule has 0 radical (unpaired) electrons. The summed E-state index contributed by atoms with van der Waals surface area (Å²) in [6.07, 6.45) is 0. The maximum absolute atomic E-state index is 13.1. The number of carbonyl (C=O) groups excluding carboxylic acids is 1. The number of hydrogen-bond acceptors (Lipinski definition) is 6. The molecule has 0 aliphatic carbocycles. The molecule has 0 aliphatic rings. The summed E-state index contributed by atoms with van der Waals surface area (Å²) in [4.78, 5) is 30.4. The number of nitrogens with one attached hydrogen (secondary N) is 1. The normalized spacial score (nSPS) is 11.1. The quantitative estimate of drug-likeness (QED) is 0.314. The first-order chi connectivity index (χ1) is 15.4. The molecule has 4 rings (SSSR count). The van der Waals surface area contributed by atoms with Crippen molar-refractivity contribution in [3.8, 4) is 11.3 Å². The van der Waals surface area contributed by atoms with E-state index in [2.05, 4.69) is 9.69 Å². The minimum Gasteiger partial charge on any atom is -0.325 e. The second kappa shape index (κ2) is 9.26. The summed E-state index contributed by atoms with van der Waals surface area (Å²) >= 11 is 2.44. The van der Waals surface area contributed by atoms with Crippen molar-refractivity contribution in [3.05, 3.63) is 69.5 Å². The molecule has 0 bridgehead atoms. The minimum absolute atomic E-state index is 0.120. The van der Waals surface area contributed by atoms with Crippen molar-refractivity contribution in [3.63, 3.8) is 0 Å². The molecule has 0 unspecified atom stereocenters. The van der Waals surface area contributed by atoms with Crippen LogP contribution in [0.15, 0.2) is 52.4 Å². The summed E-state index contributed by atoms with van der Waals surface area (Å²) in [5.74, 6) is 0.0176. The van der Waals surface area contributed by atoms with Crippen LogP contribution < -0.4 is 10.9 Å². The number of carbonyl (C=O) groups is 1. The number of thioether (sulfide) groups is 1. The van der Waals surface area contributed by atoms with Crippen LogP contribution in [0.25, 0.3) is 21.5 Å². The molecule has 6 nitrogen and oxygen atoms in total. The van der Waals surface area contributed by atoms with Gasteiger partial charge >= 0.3 is 0 Å². The second-order valence-electron chi connectivity index (χ2n) is 7.67. The molecular weight excluding hydrogens is 440 g/mol. The maximum atomic E-state index is 13.1. The van der Waals surface area contributed by atoms with Crippen LogP contribution in [0.5, 0.6) is 0 Å². The van der Waals surface area contributed by atoms with Crippen molar-refractivity contribution in [2.24, 2.45) is 0 Å². The lowest BCUT2D eigenvalue weighted by molar-refractivity contribution is -0.113. The third-order valence-electron chi connectivity index (χ3n) is 5.17. The van der Waals surface area contributed by atoms with Gasteiger partial charge in [-0.1, -0.05) is 59.3 Å². The van der Waals surface area contributed by atoms with Crippen LogP contribution in [-0.4, -0.2) is 25.6 Å². The fourth-order valence-corrected chi connectivity index (χ4v) is 5.10. The number of aryl methyl sites for hydroxylation is 3. The van der Waals surface area contributed by atoms with Crippen LogP contribution in [-0.2, 0) is 11.3 Å². The summed E-state index contributed by atoms with van der Waals surface area (Å²) in [7, 11) is 0. The van der Waals surface area contributed by atoms with Crippen molar-refractivity contribution in [1.82, 2.24) is 13.9 Å². The van der Waals surface area contributed by atoms with E-state index in [0.717, 1.165) is 27.9 Å². The van der Waals surface area contributed by atoms with Gasteiger partial charge in [-0.2, -0.15) is 4.37 Å². The Morgan fingerprint density at radius 1 is 1.09 bits per heavy atom. The number of amides is 1. The number of aromatic nitrogens is 3. The zero-order valence-corrected chi connectivity index (χ0v) is 20.1. The number of rotatable bonds is 6. The van der Waals surface area contributed by atoms with E-state index in [1.807, 2.05) is 70.2 Å². The molecule has 0 spiro atoms. The monoisotopic (exact) mass is 464 g/mol. The first-order valence-electron chi connectivity index (χ1n) is 10.3. The van der Waals surface area contributed by atoms with Gasteiger partial charge in [0, 0.05) is 17.8 Å². The van der Waals surface area contributed by atoms with Gasteiger partial charge in [-0.3, -0.25) is 14.2 Å². The third-order valence-corrected chi connectivity index (χ3v) is 6.98. The molecule has 2 aromatic heterocycles. The smallest absolute Gasteiger partial charge is 0.273 e. The minimum atomic E-state index is -0.138. The number of hydrogen-bond donors (Lipinski definition) is 1. The van der Waals surface area contributed by atoms with E-state index in [1.165, 1.54) is 23.3 Å². The molecule has 164 valence electrons. The SMILES string of the molecule is CCn1c(SCC(=O)Nc2ccc(C)cc2C)nc2c(-c3ccc(C)cc3)nsc2c1=O. The number of nitrogens with zero attached hydrogens (tertiary/aromatic N) is 3. The van der Waals surface area contributed by atoms with Crippen LogP contribution >= 0.6 is 23.3 Å². The molecule has 1 amide bonds. The van der Waals surface area contributed by atoms with Crippen molar-refractivity contribution in [1.29, 1.82) is 0 Å². The Hall–Kier alpha value is -2.97. The predicted octanol–water partition coefficient (Wildman–Crippen LogP) is 5.20. The van der Waals surface area contributed by atoms with Crippen LogP contribution in [0.3, 0.4) is 0 Å². The van der Waals surface area contributed by atoms with Gasteiger partial charge in [0.2, 0.25) is 5.91 Å². The molecular formula is C24H24N4O2S2. The third kappa shape index (κ3) is 4.47. The zero-order chi connectivity index (χ0) is 22.8. The average Bonchev–Trinajstić information content (AvgIpc) is 3.19. The Morgan fingerprint density at radius 3 is 2.50 bits per heavy atom. The largest absolute Gasteiger partial charge is 0.325 e. The molecule has 2 heterocycles. The van der Waals surface area contributed by atoms with E-state index in [1.54, 1.807) is 4.57 Å². The lowest BCUT2D eigenvalue weighted by Gasteiger charge is -2.11. The Bertz CT molecular complexity index is 1360. The summed E-state index contributed by atoms with van der Waals surface area (Å²) < 4.78 is 6.66. The molecule has 32 heavy (non-hydrogen) atoms. The Kier molecular flexibility index (Phi) is 6.43. The van der Waals surface area contributed by atoms with E-state index in [9.17, 15) is 9.59 Å². The van der Waals surface area contributed by atoms with Gasteiger partial charge in [0.05, 0.1) is 5.75 Å². The average molecular weight is 465 g/mol. The lowest BCUT2D eigenvalue weighted by atomic mass is 10.1. The Balaban J connectivity index is 1.62. The van der Waals surface area contributed by atoms with Gasteiger partial charge in [-0.05, 0) is 50.9 Å². The Morgan fingerprint density at radius 2 is 1.81 bits per heavy atom. The van der Waals surface area contributed by atoms with Gasteiger partial charge in [0.25, 0.3) is 5.56 Å². The molecule has 0 aliphatic heterocycles. The van der Waals surface area contributed by atoms with Gasteiger partial charge in [0.1, 0.15) is 15.9 Å². The molecule has 0 fully saturated rings. The number of benzene rings is 2. The van der Waals surface area contributed by atoms with Gasteiger partial charge < -0.3 is 5.32 Å². The highest BCUT2D eigenvalue weighted by Gasteiger charge is 2.18. The highest BCUT2D eigenvalue weighted by Crippen LogP contribution is 2.30. The van der Waals surface area contributed by atoms with E-state index in [-0.39, 0.29) is 17.2 Å². The molecule has 0 saturated heterocycles. The summed E-state index contributed by atoms with van der Waals surface area (Å²) in [5, 5.41) is 3.47. The van der Waals surface area contributed by atoms with Gasteiger partial charge in [0.15, 0.2) is 5.16 Å². The van der Waals surface area contributed by atoms with Crippen molar-refractivity contribution in [2.75, 3.05) is 11.1 Å². The fraction of sp³-hybridized carbons (Fsp3) is 0.250. The fourth-order valence-electron chi connectivity index (χ4n) is 3.45. The second-order valence-corrected chi connectivity index (χ2v) is 9.39. The van der Waals surface area contributed by atoms with E-state index in [4.69, 9.17) is 4.98 Å². The first kappa shape index (κ1) is 22.2. The molecule has 1 N–H and O–H groups in total. The highest BCUT2D eigenvalue weighted by molar-refractivity contribution is 7.99. The summed E-state index contributed by atoms with van der Waals surface area (Å²) in [6.45, 7) is 8.39. The molecule has 8 heteroatoms. The highest BCUT2D eigenvalue weighted by atomic mass is 32.2. The van der Waals surface area contributed by atoms with Crippen LogP contribution in [0, 0.1) is 20.8 Å². The van der Waals surface area contributed by atoms with Crippen molar-refractivity contribution in [2.45, 2.75) is 39.4 Å². The molecule has 0 saturated carbocycles. The van der Waals surface area contributed by atoms with E-state index in [0.29, 0.717) is 27.6 Å². The Labute approximate surface area is 194 Å². The van der Waals surface area contributed by atoms with Crippen LogP contribution in [0.2, 0.25) is 0 Å². The summed E-state index contributed by atoms with van der Waals surface area (Å²) in [6, 6.07) is 13.9. The molecule has 2 aromatic carbocycles. The number of fused-ring (bicyclic) bond motifs is 1. The van der Waals surface area contributed by atoms with Crippen LogP contribution in [0.4, 0.5) is 5.69 Å². The maximum Gasteiger partial charge on any atom is 0.273 e. The first-order valence-corrected chi connectivity index (χ1v) is 12.1. The predicted molar refractivity (Wildman–Crippen MR) is 133 cm³/mol. The topological polar surface area (TPSA) is 76.9 Å². The lowest BCUT2D eigenvalue weighted by Crippen LogP contribution is -2.23. The molecule has 4 aromatic rings. The summed E-state index contributed by atoms with van der Waals surface area (Å²) in [5.41, 5.74) is 6.20. The van der Waals surface area contributed by atoms with Crippen molar-refractivity contribution >= 4 is 45.1 Å². The zero-order valence-electron chi connectivity index (χ0n) is 18.4. The number of anilines is 1. The van der Waals surface area contributed by atoms with Gasteiger partial charge in [-0.15, -0.1) is 0 Å².